The number of benzene rings is 1. The van der Waals surface area contributed by atoms with E-state index in [-0.39, 0.29) is 5.91 Å². The van der Waals surface area contributed by atoms with E-state index in [0.29, 0.717) is 12.2 Å². The van der Waals surface area contributed by atoms with Crippen LogP contribution < -0.4 is 11.1 Å². The van der Waals surface area contributed by atoms with Gasteiger partial charge in [0, 0.05) is 12.2 Å². The van der Waals surface area contributed by atoms with Crippen molar-refractivity contribution in [3.8, 4) is 0 Å². The molecule has 0 aliphatic heterocycles. The van der Waals surface area contributed by atoms with E-state index in [2.05, 4.69) is 29.5 Å². The second kappa shape index (κ2) is 7.17. The van der Waals surface area contributed by atoms with Crippen LogP contribution in [-0.4, -0.2) is 20.9 Å². The minimum Gasteiger partial charge on any atom is -0.325 e. The largest absolute Gasteiger partial charge is 0.325 e. The van der Waals surface area contributed by atoms with Gasteiger partial charge in [-0.25, -0.2) is 4.68 Å². The van der Waals surface area contributed by atoms with Gasteiger partial charge in [-0.05, 0) is 30.9 Å². The van der Waals surface area contributed by atoms with Gasteiger partial charge in [-0.1, -0.05) is 37.3 Å². The van der Waals surface area contributed by atoms with Gasteiger partial charge in [0.2, 0.25) is 5.91 Å². The van der Waals surface area contributed by atoms with E-state index in [9.17, 15) is 4.79 Å². The molecule has 1 amide bonds. The molecule has 1 heterocycles. The van der Waals surface area contributed by atoms with Crippen molar-refractivity contribution < 1.29 is 4.79 Å². The number of rotatable bonds is 6. The fourth-order valence-corrected chi connectivity index (χ4v) is 2.35. The highest BCUT2D eigenvalue weighted by molar-refractivity contribution is 5.94. The Labute approximate surface area is 130 Å². The highest BCUT2D eigenvalue weighted by Gasteiger charge is 2.18. The third-order valence-electron chi connectivity index (χ3n) is 3.79. The van der Waals surface area contributed by atoms with Crippen LogP contribution in [0.1, 0.15) is 43.6 Å². The minimum absolute atomic E-state index is 0.107. The summed E-state index contributed by atoms with van der Waals surface area (Å²) in [5.74, 6) is -0.107. The van der Waals surface area contributed by atoms with Crippen molar-refractivity contribution in [3.05, 3.63) is 41.2 Å². The van der Waals surface area contributed by atoms with E-state index in [0.717, 1.165) is 29.7 Å². The smallest absolute Gasteiger partial charge is 0.249 e. The number of aromatic nitrogens is 3. The number of carbonyl (C=O) groups excluding carboxylic acids is 1. The summed E-state index contributed by atoms with van der Waals surface area (Å²) in [5, 5.41) is 10.9. The predicted octanol–water partition coefficient (Wildman–Crippen LogP) is 2.06. The lowest BCUT2D eigenvalue weighted by Gasteiger charge is -2.17. The summed E-state index contributed by atoms with van der Waals surface area (Å²) >= 11 is 0. The van der Waals surface area contributed by atoms with Crippen molar-refractivity contribution in [1.82, 2.24) is 15.0 Å². The lowest BCUT2D eigenvalue weighted by atomic mass is 10.0. The Kier molecular flexibility index (Phi) is 5.27. The molecule has 118 valence electrons. The first-order valence-corrected chi connectivity index (χ1v) is 7.63. The normalized spacial score (nSPS) is 12.2. The van der Waals surface area contributed by atoms with E-state index >= 15 is 0 Å². The standard InChI is InChI=1S/C16H23N5O/c1-4-12-7-6-8-13(5-2)15(12)18-16(22)11(3)21-10-14(9-17)19-20-21/h6-8,10-11H,4-5,9,17H2,1-3H3,(H,18,22). The van der Waals surface area contributed by atoms with Gasteiger partial charge in [0.1, 0.15) is 6.04 Å². The van der Waals surface area contributed by atoms with E-state index in [1.165, 1.54) is 4.68 Å². The molecular formula is C16H23N5O. The average molecular weight is 301 g/mol. The van der Waals surface area contributed by atoms with Gasteiger partial charge in [0.05, 0.1) is 11.9 Å². The molecule has 3 N–H and O–H groups in total. The molecule has 22 heavy (non-hydrogen) atoms. The fraction of sp³-hybridized carbons (Fsp3) is 0.438. The molecule has 1 aromatic heterocycles. The van der Waals surface area contributed by atoms with Crippen LogP contribution in [0.4, 0.5) is 5.69 Å². The maximum Gasteiger partial charge on any atom is 0.249 e. The van der Waals surface area contributed by atoms with Gasteiger partial charge in [0.25, 0.3) is 0 Å². The van der Waals surface area contributed by atoms with Crippen molar-refractivity contribution in [1.29, 1.82) is 0 Å². The topological polar surface area (TPSA) is 85.8 Å². The van der Waals surface area contributed by atoms with Crippen LogP contribution in [0, 0.1) is 0 Å². The van der Waals surface area contributed by atoms with Crippen LogP contribution in [-0.2, 0) is 24.2 Å². The monoisotopic (exact) mass is 301 g/mol. The van der Waals surface area contributed by atoms with E-state index in [1.54, 1.807) is 13.1 Å². The Hall–Kier alpha value is -2.21. The first-order valence-electron chi connectivity index (χ1n) is 7.63. The summed E-state index contributed by atoms with van der Waals surface area (Å²) in [4.78, 5) is 12.5. The van der Waals surface area contributed by atoms with Crippen molar-refractivity contribution in [3.63, 3.8) is 0 Å². The minimum atomic E-state index is -0.442. The number of hydrogen-bond acceptors (Lipinski definition) is 4. The number of nitrogens with zero attached hydrogens (tertiary/aromatic N) is 3. The number of carbonyl (C=O) groups is 1. The number of hydrogen-bond donors (Lipinski definition) is 2. The second-order valence-corrected chi connectivity index (χ2v) is 5.22. The Morgan fingerprint density at radius 2 is 1.95 bits per heavy atom. The molecule has 0 aliphatic rings. The lowest BCUT2D eigenvalue weighted by Crippen LogP contribution is -2.25. The summed E-state index contributed by atoms with van der Waals surface area (Å²) in [6.45, 7) is 6.27. The molecule has 0 saturated carbocycles. The zero-order valence-electron chi connectivity index (χ0n) is 13.3. The third-order valence-corrected chi connectivity index (χ3v) is 3.79. The van der Waals surface area contributed by atoms with Gasteiger partial charge in [0.15, 0.2) is 0 Å². The molecule has 1 aromatic carbocycles. The molecule has 1 unspecified atom stereocenters. The van der Waals surface area contributed by atoms with Crippen LogP contribution in [0.3, 0.4) is 0 Å². The van der Waals surface area contributed by atoms with Crippen LogP contribution in [0.5, 0.6) is 0 Å². The van der Waals surface area contributed by atoms with Crippen molar-refractivity contribution in [2.45, 2.75) is 46.2 Å². The number of amides is 1. The number of para-hydroxylation sites is 1. The molecule has 0 saturated heterocycles. The van der Waals surface area contributed by atoms with E-state index in [1.807, 2.05) is 18.2 Å². The second-order valence-electron chi connectivity index (χ2n) is 5.22. The Morgan fingerprint density at radius 3 is 2.45 bits per heavy atom. The maximum absolute atomic E-state index is 12.5. The van der Waals surface area contributed by atoms with Gasteiger partial charge in [-0.3, -0.25) is 4.79 Å². The molecule has 0 bridgehead atoms. The Balaban J connectivity index is 2.21. The van der Waals surface area contributed by atoms with E-state index in [4.69, 9.17) is 5.73 Å². The first-order chi connectivity index (χ1) is 10.6. The fourth-order valence-electron chi connectivity index (χ4n) is 2.35. The van der Waals surface area contributed by atoms with Gasteiger partial charge in [-0.2, -0.15) is 0 Å². The maximum atomic E-state index is 12.5. The molecular weight excluding hydrogens is 278 g/mol. The van der Waals surface area contributed by atoms with Gasteiger partial charge in [-0.15, -0.1) is 5.10 Å². The zero-order chi connectivity index (χ0) is 16.1. The molecule has 0 fully saturated rings. The number of aryl methyl sites for hydroxylation is 2. The summed E-state index contributed by atoms with van der Waals surface area (Å²) in [7, 11) is 0. The van der Waals surface area contributed by atoms with Crippen LogP contribution >= 0.6 is 0 Å². The van der Waals surface area contributed by atoms with Gasteiger partial charge >= 0.3 is 0 Å². The first kappa shape index (κ1) is 16.2. The van der Waals surface area contributed by atoms with Gasteiger partial charge < -0.3 is 11.1 Å². The molecule has 6 heteroatoms. The van der Waals surface area contributed by atoms with Crippen LogP contribution in [0.15, 0.2) is 24.4 Å². The van der Waals surface area contributed by atoms with Crippen molar-refractivity contribution in [2.24, 2.45) is 5.73 Å². The quantitative estimate of drug-likeness (QED) is 0.855. The highest BCUT2D eigenvalue weighted by atomic mass is 16.2. The summed E-state index contributed by atoms with van der Waals surface area (Å²) in [6.07, 6.45) is 3.45. The molecule has 2 aromatic rings. The summed E-state index contributed by atoms with van der Waals surface area (Å²) in [5.41, 5.74) is 9.39. The Bertz CT molecular complexity index is 627. The predicted molar refractivity (Wildman–Crippen MR) is 86.5 cm³/mol. The molecule has 2 rings (SSSR count). The SMILES string of the molecule is CCc1cccc(CC)c1NC(=O)C(C)n1cc(CN)nn1. The number of anilines is 1. The Morgan fingerprint density at radius 1 is 1.32 bits per heavy atom. The van der Waals surface area contributed by atoms with Crippen LogP contribution in [0.2, 0.25) is 0 Å². The molecule has 0 radical (unpaired) electrons. The highest BCUT2D eigenvalue weighted by Crippen LogP contribution is 2.23. The van der Waals surface area contributed by atoms with Crippen molar-refractivity contribution >= 4 is 11.6 Å². The molecule has 0 spiro atoms. The molecule has 0 aliphatic carbocycles. The van der Waals surface area contributed by atoms with Crippen LogP contribution in [0.25, 0.3) is 0 Å². The summed E-state index contributed by atoms with van der Waals surface area (Å²) < 4.78 is 1.54. The third kappa shape index (κ3) is 3.33. The zero-order valence-corrected chi connectivity index (χ0v) is 13.3. The summed E-state index contributed by atoms with van der Waals surface area (Å²) in [6, 6.07) is 5.67. The molecule has 6 nitrogen and oxygen atoms in total. The number of nitrogens with one attached hydrogen (secondary N) is 1. The molecule has 1 atom stereocenters. The number of nitrogens with two attached hydrogens (primary N) is 1. The average Bonchev–Trinajstić information content (AvgIpc) is 3.03. The van der Waals surface area contributed by atoms with E-state index < -0.39 is 6.04 Å². The lowest BCUT2D eigenvalue weighted by molar-refractivity contribution is -0.119. The van der Waals surface area contributed by atoms with Crippen molar-refractivity contribution in [2.75, 3.05) is 5.32 Å².